The van der Waals surface area contributed by atoms with E-state index < -0.39 is 5.97 Å². The number of carboxylic acid groups (broad SMARTS) is 1. The van der Waals surface area contributed by atoms with Crippen LogP contribution in [0.25, 0.3) is 0 Å². The fourth-order valence-corrected chi connectivity index (χ4v) is 2.80. The Morgan fingerprint density at radius 2 is 1.95 bits per heavy atom. The van der Waals surface area contributed by atoms with E-state index in [9.17, 15) is 4.79 Å². The number of aromatic carboxylic acids is 1. The van der Waals surface area contributed by atoms with Crippen molar-refractivity contribution in [2.75, 3.05) is 6.54 Å². The van der Waals surface area contributed by atoms with Crippen molar-refractivity contribution in [1.29, 1.82) is 0 Å². The van der Waals surface area contributed by atoms with Crippen LogP contribution in [0.1, 0.15) is 21.5 Å². The van der Waals surface area contributed by atoms with Crippen molar-refractivity contribution in [3.8, 4) is 0 Å². The molecule has 0 saturated carbocycles. The van der Waals surface area contributed by atoms with Crippen molar-refractivity contribution in [3.05, 3.63) is 68.7 Å². The first-order valence-electron chi connectivity index (χ1n) is 6.54. The predicted octanol–water partition coefficient (Wildman–Crippen LogP) is 4.13. The molecular weight excluding hydrogens is 354 g/mol. The normalized spacial score (nSPS) is 10.6. The molecule has 2 aromatic rings. The lowest BCUT2D eigenvalue weighted by molar-refractivity contribution is 0.0695. The van der Waals surface area contributed by atoms with Crippen LogP contribution in [0.2, 0.25) is 5.02 Å². The molecule has 3 nitrogen and oxygen atoms in total. The molecule has 0 atom stereocenters. The molecule has 0 spiro atoms. The topological polar surface area (TPSA) is 49.3 Å². The number of halogens is 2. The number of nitrogens with one attached hydrogen (secondary N) is 1. The van der Waals surface area contributed by atoms with Gasteiger partial charge in [-0.3, -0.25) is 0 Å². The summed E-state index contributed by atoms with van der Waals surface area (Å²) in [6, 6.07) is 12.8. The minimum Gasteiger partial charge on any atom is -0.478 e. The van der Waals surface area contributed by atoms with Crippen molar-refractivity contribution in [2.45, 2.75) is 13.0 Å². The number of rotatable bonds is 6. The number of carbonyl (C=O) groups is 1. The van der Waals surface area contributed by atoms with Crippen LogP contribution >= 0.6 is 27.5 Å². The first kappa shape index (κ1) is 16.0. The Morgan fingerprint density at radius 3 is 2.67 bits per heavy atom. The van der Waals surface area contributed by atoms with Crippen molar-refractivity contribution < 1.29 is 9.90 Å². The first-order chi connectivity index (χ1) is 10.1. The summed E-state index contributed by atoms with van der Waals surface area (Å²) >= 11 is 9.51. The number of carboxylic acids is 1. The lowest BCUT2D eigenvalue weighted by atomic mass is 10.0. The van der Waals surface area contributed by atoms with Gasteiger partial charge < -0.3 is 10.4 Å². The SMILES string of the molecule is O=C(O)c1ccccc1CCNCc1ccc(Br)cc1Cl. The van der Waals surface area contributed by atoms with Crippen LogP contribution in [0, 0.1) is 0 Å². The Morgan fingerprint density at radius 1 is 1.19 bits per heavy atom. The molecule has 0 aromatic heterocycles. The Labute approximate surface area is 137 Å². The molecule has 2 N–H and O–H groups in total. The van der Waals surface area contributed by atoms with E-state index >= 15 is 0 Å². The monoisotopic (exact) mass is 367 g/mol. The minimum absolute atomic E-state index is 0.362. The Hall–Kier alpha value is -1.36. The summed E-state index contributed by atoms with van der Waals surface area (Å²) in [6.45, 7) is 1.35. The fraction of sp³-hybridized carbons (Fsp3) is 0.188. The molecule has 0 bridgehead atoms. The maximum Gasteiger partial charge on any atom is 0.335 e. The molecule has 110 valence electrons. The third-order valence-electron chi connectivity index (χ3n) is 3.15. The highest BCUT2D eigenvalue weighted by molar-refractivity contribution is 9.10. The largest absolute Gasteiger partial charge is 0.478 e. The van der Waals surface area contributed by atoms with Gasteiger partial charge in [-0.05, 0) is 42.3 Å². The summed E-state index contributed by atoms with van der Waals surface area (Å²) in [5.74, 6) is -0.887. The molecule has 0 aliphatic heterocycles. The summed E-state index contributed by atoms with van der Waals surface area (Å²) in [5, 5.41) is 13.1. The average Bonchev–Trinajstić information content (AvgIpc) is 2.45. The average molecular weight is 369 g/mol. The Bertz CT molecular complexity index is 646. The van der Waals surface area contributed by atoms with Gasteiger partial charge in [-0.25, -0.2) is 4.79 Å². The van der Waals surface area contributed by atoms with E-state index in [1.165, 1.54) is 0 Å². The van der Waals surface area contributed by atoms with E-state index in [1.54, 1.807) is 12.1 Å². The molecule has 0 fully saturated rings. The maximum atomic E-state index is 11.1. The van der Waals surface area contributed by atoms with E-state index in [0.29, 0.717) is 30.1 Å². The van der Waals surface area contributed by atoms with Crippen molar-refractivity contribution in [2.24, 2.45) is 0 Å². The van der Waals surface area contributed by atoms with Gasteiger partial charge in [-0.15, -0.1) is 0 Å². The molecule has 0 aliphatic rings. The molecule has 0 heterocycles. The van der Waals surface area contributed by atoms with Crippen molar-refractivity contribution in [3.63, 3.8) is 0 Å². The molecular formula is C16H15BrClNO2. The third kappa shape index (κ3) is 4.56. The van der Waals surface area contributed by atoms with Gasteiger partial charge in [0.15, 0.2) is 0 Å². The highest BCUT2D eigenvalue weighted by atomic mass is 79.9. The fourth-order valence-electron chi connectivity index (χ4n) is 2.06. The molecule has 0 radical (unpaired) electrons. The van der Waals surface area contributed by atoms with E-state index in [1.807, 2.05) is 30.3 Å². The van der Waals surface area contributed by atoms with Crippen LogP contribution in [0.5, 0.6) is 0 Å². The summed E-state index contributed by atoms with van der Waals surface area (Å²) in [7, 11) is 0. The van der Waals surface area contributed by atoms with Gasteiger partial charge in [0.25, 0.3) is 0 Å². The van der Waals surface area contributed by atoms with Crippen molar-refractivity contribution in [1.82, 2.24) is 5.32 Å². The van der Waals surface area contributed by atoms with Crippen LogP contribution in [0.15, 0.2) is 46.9 Å². The molecule has 0 unspecified atom stereocenters. The van der Waals surface area contributed by atoms with Crippen LogP contribution in [-0.2, 0) is 13.0 Å². The smallest absolute Gasteiger partial charge is 0.335 e. The summed E-state index contributed by atoms with van der Waals surface area (Å²) < 4.78 is 0.951. The molecule has 0 aliphatic carbocycles. The van der Waals surface area contributed by atoms with Gasteiger partial charge >= 0.3 is 5.97 Å². The number of hydrogen-bond acceptors (Lipinski definition) is 2. The zero-order valence-corrected chi connectivity index (χ0v) is 13.6. The molecule has 2 aromatic carbocycles. The summed E-state index contributed by atoms with van der Waals surface area (Å²) in [4.78, 5) is 11.1. The van der Waals surface area contributed by atoms with Crippen molar-refractivity contribution >= 4 is 33.5 Å². The predicted molar refractivity (Wildman–Crippen MR) is 88.0 cm³/mol. The summed E-state index contributed by atoms with van der Waals surface area (Å²) in [6.07, 6.45) is 0.663. The molecule has 21 heavy (non-hydrogen) atoms. The quantitative estimate of drug-likeness (QED) is 0.754. The second kappa shape index (κ2) is 7.59. The van der Waals surface area contributed by atoms with Gasteiger partial charge in [0, 0.05) is 16.0 Å². The van der Waals surface area contributed by atoms with Gasteiger partial charge in [0.2, 0.25) is 0 Å². The van der Waals surface area contributed by atoms with E-state index in [0.717, 1.165) is 15.6 Å². The minimum atomic E-state index is -0.887. The Balaban J connectivity index is 1.89. The molecule has 5 heteroatoms. The van der Waals surface area contributed by atoms with E-state index in [2.05, 4.69) is 21.2 Å². The van der Waals surface area contributed by atoms with Gasteiger partial charge in [0.1, 0.15) is 0 Å². The highest BCUT2D eigenvalue weighted by Crippen LogP contribution is 2.21. The van der Waals surface area contributed by atoms with Crippen LogP contribution in [0.4, 0.5) is 0 Å². The first-order valence-corrected chi connectivity index (χ1v) is 7.71. The van der Waals surface area contributed by atoms with E-state index in [-0.39, 0.29) is 0 Å². The zero-order chi connectivity index (χ0) is 15.2. The maximum absolute atomic E-state index is 11.1. The molecule has 2 rings (SSSR count). The molecule has 0 amide bonds. The van der Waals surface area contributed by atoms with Crippen LogP contribution in [0.3, 0.4) is 0 Å². The van der Waals surface area contributed by atoms with Gasteiger partial charge in [-0.1, -0.05) is 51.8 Å². The zero-order valence-electron chi connectivity index (χ0n) is 11.3. The standard InChI is InChI=1S/C16H15BrClNO2/c17-13-6-5-12(15(18)9-13)10-19-8-7-11-3-1-2-4-14(11)16(20)21/h1-6,9,19H,7-8,10H2,(H,20,21). The van der Waals surface area contributed by atoms with Gasteiger partial charge in [-0.2, -0.15) is 0 Å². The third-order valence-corrected chi connectivity index (χ3v) is 3.99. The van der Waals surface area contributed by atoms with Crippen LogP contribution in [-0.4, -0.2) is 17.6 Å². The second-order valence-corrected chi connectivity index (χ2v) is 5.95. The highest BCUT2D eigenvalue weighted by Gasteiger charge is 2.08. The second-order valence-electron chi connectivity index (χ2n) is 4.62. The van der Waals surface area contributed by atoms with Crippen LogP contribution < -0.4 is 5.32 Å². The number of hydrogen-bond donors (Lipinski definition) is 2. The lowest BCUT2D eigenvalue weighted by Gasteiger charge is -2.09. The number of benzene rings is 2. The molecule has 0 saturated heterocycles. The lowest BCUT2D eigenvalue weighted by Crippen LogP contribution is -2.18. The Kier molecular flexibility index (Phi) is 5.79. The summed E-state index contributed by atoms with van der Waals surface area (Å²) in [5.41, 5.74) is 2.21. The van der Waals surface area contributed by atoms with E-state index in [4.69, 9.17) is 16.7 Å². The van der Waals surface area contributed by atoms with Gasteiger partial charge in [0.05, 0.1) is 5.56 Å².